The van der Waals surface area contributed by atoms with E-state index in [1.165, 1.54) is 0 Å². The molecule has 7 heteroatoms. The Morgan fingerprint density at radius 3 is 2.35 bits per heavy atom. The largest absolute Gasteiger partial charge is 0.375 e. The number of hydrogen-bond acceptors (Lipinski definition) is 4. The van der Waals surface area contributed by atoms with E-state index in [4.69, 9.17) is 4.74 Å². The second kappa shape index (κ2) is 8.46. The van der Waals surface area contributed by atoms with Gasteiger partial charge in [-0.3, -0.25) is 4.79 Å². The lowest BCUT2D eigenvalue weighted by Gasteiger charge is -2.29. The van der Waals surface area contributed by atoms with Crippen molar-refractivity contribution < 1.29 is 14.3 Å². The number of ether oxygens (including phenoxy) is 1. The summed E-state index contributed by atoms with van der Waals surface area (Å²) < 4.78 is 5.49. The Labute approximate surface area is 152 Å². The average Bonchev–Trinajstić information content (AvgIpc) is 2.63. The van der Waals surface area contributed by atoms with Gasteiger partial charge < -0.3 is 26.0 Å². The van der Waals surface area contributed by atoms with E-state index in [-0.39, 0.29) is 18.0 Å². The molecule has 0 radical (unpaired) electrons. The minimum absolute atomic E-state index is 0.164. The molecule has 1 aliphatic rings. The summed E-state index contributed by atoms with van der Waals surface area (Å²) >= 11 is 0. The summed E-state index contributed by atoms with van der Waals surface area (Å²) in [6, 6.07) is 15.4. The van der Waals surface area contributed by atoms with Crippen molar-refractivity contribution in [1.82, 2.24) is 5.32 Å². The lowest BCUT2D eigenvalue weighted by atomic mass is 10.1. The molecule has 0 aromatic heterocycles. The topological polar surface area (TPSA) is 91.5 Å². The smallest absolute Gasteiger partial charge is 0.323 e. The molecule has 1 saturated heterocycles. The molecule has 7 nitrogen and oxygen atoms in total. The zero-order valence-electron chi connectivity index (χ0n) is 14.5. The van der Waals surface area contributed by atoms with Gasteiger partial charge in [0.15, 0.2) is 0 Å². The zero-order chi connectivity index (χ0) is 18.4. The molecular formula is C19H22N4O3. The first-order valence-corrected chi connectivity index (χ1v) is 8.51. The van der Waals surface area contributed by atoms with Crippen LogP contribution in [0.25, 0.3) is 0 Å². The summed E-state index contributed by atoms with van der Waals surface area (Å²) in [7, 11) is 0. The fourth-order valence-electron chi connectivity index (χ4n) is 2.74. The molecule has 0 unspecified atom stereocenters. The Balaban J connectivity index is 1.59. The maximum Gasteiger partial charge on any atom is 0.323 e. The third-order valence-electron chi connectivity index (χ3n) is 4.02. The fourth-order valence-corrected chi connectivity index (χ4v) is 2.74. The van der Waals surface area contributed by atoms with Gasteiger partial charge in [-0.25, -0.2) is 4.79 Å². The molecular weight excluding hydrogens is 332 g/mol. The normalized spacial score (nSPS) is 19.4. The maximum atomic E-state index is 12.4. The van der Waals surface area contributed by atoms with Gasteiger partial charge in [0.2, 0.25) is 5.91 Å². The summed E-state index contributed by atoms with van der Waals surface area (Å²) in [6.45, 7) is 3.10. The summed E-state index contributed by atoms with van der Waals surface area (Å²) in [5.41, 5.74) is 1.89. The lowest BCUT2D eigenvalue weighted by Crippen LogP contribution is -2.53. The standard InChI is InChI=1S/C19H22N4O3/c1-13-17(20-10-11-26-13)18(24)21-15-8-5-9-16(12-15)23-19(25)22-14-6-3-2-4-7-14/h2-9,12-13,17,20H,10-11H2,1H3,(H,21,24)(H2,22,23,25)/t13-,17+/m1/s1. The van der Waals surface area contributed by atoms with E-state index >= 15 is 0 Å². The van der Waals surface area contributed by atoms with Crippen LogP contribution in [0.3, 0.4) is 0 Å². The molecule has 2 aromatic carbocycles. The number of anilines is 3. The Kier molecular flexibility index (Phi) is 5.83. The maximum absolute atomic E-state index is 12.4. The lowest BCUT2D eigenvalue weighted by molar-refractivity contribution is -0.123. The molecule has 0 bridgehead atoms. The fraction of sp³-hybridized carbons (Fsp3) is 0.263. The minimum Gasteiger partial charge on any atom is -0.375 e. The molecule has 2 atom stereocenters. The molecule has 1 fully saturated rings. The third kappa shape index (κ3) is 4.81. The van der Waals surface area contributed by atoms with Crippen LogP contribution in [0.2, 0.25) is 0 Å². The molecule has 26 heavy (non-hydrogen) atoms. The van der Waals surface area contributed by atoms with Gasteiger partial charge in [-0.05, 0) is 37.3 Å². The molecule has 0 aliphatic carbocycles. The summed E-state index contributed by atoms with van der Waals surface area (Å²) in [5.74, 6) is -0.164. The van der Waals surface area contributed by atoms with E-state index in [9.17, 15) is 9.59 Å². The van der Waals surface area contributed by atoms with Crippen LogP contribution in [-0.2, 0) is 9.53 Å². The average molecular weight is 354 g/mol. The van der Waals surface area contributed by atoms with Crippen molar-refractivity contribution in [3.63, 3.8) is 0 Å². The summed E-state index contributed by atoms with van der Waals surface area (Å²) in [4.78, 5) is 24.5. The molecule has 0 spiro atoms. The van der Waals surface area contributed by atoms with Gasteiger partial charge >= 0.3 is 6.03 Å². The SMILES string of the molecule is C[C@H]1OCCN[C@@H]1C(=O)Nc1cccc(NC(=O)Nc2ccccc2)c1. The Morgan fingerprint density at radius 2 is 1.62 bits per heavy atom. The Bertz CT molecular complexity index is 766. The number of carbonyl (C=O) groups is 2. The molecule has 4 N–H and O–H groups in total. The van der Waals surface area contributed by atoms with E-state index in [1.54, 1.807) is 36.4 Å². The molecule has 3 amide bonds. The van der Waals surface area contributed by atoms with Crippen molar-refractivity contribution in [3.05, 3.63) is 54.6 Å². The van der Waals surface area contributed by atoms with E-state index in [0.717, 1.165) is 0 Å². The van der Waals surface area contributed by atoms with Crippen molar-refractivity contribution in [2.24, 2.45) is 0 Å². The highest BCUT2D eigenvalue weighted by atomic mass is 16.5. The third-order valence-corrected chi connectivity index (χ3v) is 4.02. The number of benzene rings is 2. The number of hydrogen-bond donors (Lipinski definition) is 4. The van der Waals surface area contributed by atoms with Crippen molar-refractivity contribution in [3.8, 4) is 0 Å². The van der Waals surface area contributed by atoms with Crippen LogP contribution in [0.15, 0.2) is 54.6 Å². The van der Waals surface area contributed by atoms with E-state index in [1.807, 2.05) is 25.1 Å². The van der Waals surface area contributed by atoms with Crippen molar-refractivity contribution in [2.75, 3.05) is 29.1 Å². The van der Waals surface area contributed by atoms with Gasteiger partial charge in [0.25, 0.3) is 0 Å². The van der Waals surface area contributed by atoms with E-state index in [0.29, 0.717) is 30.2 Å². The Hall–Kier alpha value is -2.90. The van der Waals surface area contributed by atoms with Crippen LogP contribution in [-0.4, -0.2) is 37.2 Å². The number of nitrogens with one attached hydrogen (secondary N) is 4. The number of para-hydroxylation sites is 1. The van der Waals surface area contributed by atoms with E-state index in [2.05, 4.69) is 21.3 Å². The minimum atomic E-state index is -0.401. The first-order valence-electron chi connectivity index (χ1n) is 8.51. The molecule has 0 saturated carbocycles. The Morgan fingerprint density at radius 1 is 0.962 bits per heavy atom. The van der Waals surface area contributed by atoms with Crippen LogP contribution in [0.5, 0.6) is 0 Å². The molecule has 2 aromatic rings. The van der Waals surface area contributed by atoms with Gasteiger partial charge in [-0.1, -0.05) is 24.3 Å². The van der Waals surface area contributed by atoms with Crippen molar-refractivity contribution in [2.45, 2.75) is 19.1 Å². The van der Waals surface area contributed by atoms with Crippen LogP contribution >= 0.6 is 0 Å². The molecule has 136 valence electrons. The summed E-state index contributed by atoms with van der Waals surface area (Å²) in [5, 5.41) is 11.5. The van der Waals surface area contributed by atoms with Crippen molar-refractivity contribution >= 4 is 29.0 Å². The van der Waals surface area contributed by atoms with Gasteiger partial charge in [-0.2, -0.15) is 0 Å². The van der Waals surface area contributed by atoms with Crippen LogP contribution in [0, 0.1) is 0 Å². The predicted octanol–water partition coefficient (Wildman–Crippen LogP) is 2.65. The second-order valence-electron chi connectivity index (χ2n) is 6.02. The predicted molar refractivity (Wildman–Crippen MR) is 101 cm³/mol. The van der Waals surface area contributed by atoms with Gasteiger partial charge in [0.05, 0.1) is 12.7 Å². The number of carbonyl (C=O) groups excluding carboxylic acids is 2. The number of rotatable bonds is 4. The number of amides is 3. The second-order valence-corrected chi connectivity index (χ2v) is 6.02. The van der Waals surface area contributed by atoms with Crippen LogP contribution < -0.4 is 21.3 Å². The molecule has 1 heterocycles. The first-order chi connectivity index (χ1) is 12.6. The molecule has 3 rings (SSSR count). The highest BCUT2D eigenvalue weighted by Gasteiger charge is 2.28. The number of urea groups is 1. The monoisotopic (exact) mass is 354 g/mol. The molecule has 1 aliphatic heterocycles. The van der Waals surface area contributed by atoms with Gasteiger partial charge in [0, 0.05) is 23.6 Å². The quantitative estimate of drug-likeness (QED) is 0.679. The van der Waals surface area contributed by atoms with Gasteiger partial charge in [0.1, 0.15) is 6.04 Å². The van der Waals surface area contributed by atoms with Crippen molar-refractivity contribution in [1.29, 1.82) is 0 Å². The highest BCUT2D eigenvalue weighted by Crippen LogP contribution is 2.17. The van der Waals surface area contributed by atoms with Gasteiger partial charge in [-0.15, -0.1) is 0 Å². The summed E-state index contributed by atoms with van der Waals surface area (Å²) in [6.07, 6.45) is -0.193. The van der Waals surface area contributed by atoms with Crippen LogP contribution in [0.1, 0.15) is 6.92 Å². The van der Waals surface area contributed by atoms with E-state index < -0.39 is 6.04 Å². The first kappa shape index (κ1) is 17.9. The highest BCUT2D eigenvalue weighted by molar-refractivity contribution is 6.01. The van der Waals surface area contributed by atoms with Crippen LogP contribution in [0.4, 0.5) is 21.9 Å². The zero-order valence-corrected chi connectivity index (χ0v) is 14.5. The number of morpholine rings is 1.